The molecule has 1 saturated heterocycles. The van der Waals surface area contributed by atoms with E-state index in [1.54, 1.807) is 6.07 Å². The van der Waals surface area contributed by atoms with Crippen LogP contribution in [0.5, 0.6) is 0 Å². The number of pyridine rings is 1. The molecule has 0 spiro atoms. The Bertz CT molecular complexity index is 657. The normalized spacial score (nSPS) is 24.3. The number of rotatable bonds is 3. The largest absolute Gasteiger partial charge is 0.381 e. The van der Waals surface area contributed by atoms with Crippen LogP contribution in [0.15, 0.2) is 16.9 Å². The van der Waals surface area contributed by atoms with Gasteiger partial charge in [0.15, 0.2) is 0 Å². The summed E-state index contributed by atoms with van der Waals surface area (Å²) in [5, 5.41) is 0. The van der Waals surface area contributed by atoms with Gasteiger partial charge in [-0.2, -0.15) is 0 Å². The van der Waals surface area contributed by atoms with E-state index in [9.17, 15) is 9.59 Å². The Morgan fingerprint density at radius 2 is 2.00 bits per heavy atom. The molecule has 0 unspecified atom stereocenters. The summed E-state index contributed by atoms with van der Waals surface area (Å²) in [6.45, 7) is 3.59. The first-order valence-corrected chi connectivity index (χ1v) is 8.80. The second-order valence-electron chi connectivity index (χ2n) is 7.08. The second-order valence-corrected chi connectivity index (χ2v) is 7.08. The van der Waals surface area contributed by atoms with Crippen LogP contribution in [0, 0.1) is 11.8 Å². The van der Waals surface area contributed by atoms with Crippen LogP contribution in [-0.2, 0) is 28.9 Å². The van der Waals surface area contributed by atoms with Crippen LogP contribution in [0.4, 0.5) is 0 Å². The van der Waals surface area contributed by atoms with Crippen molar-refractivity contribution in [2.45, 2.75) is 38.6 Å². The second kappa shape index (κ2) is 6.11. The molecule has 124 valence electrons. The topological polar surface area (TPSA) is 51.5 Å². The van der Waals surface area contributed by atoms with Gasteiger partial charge in [0, 0.05) is 44.4 Å². The molecule has 1 amide bonds. The number of fused-ring (bicyclic) bond motifs is 1. The van der Waals surface area contributed by atoms with Gasteiger partial charge in [0.05, 0.1) is 12.5 Å². The lowest BCUT2D eigenvalue weighted by atomic mass is 10.1. The summed E-state index contributed by atoms with van der Waals surface area (Å²) < 4.78 is 7.33. The van der Waals surface area contributed by atoms with Crippen molar-refractivity contribution < 1.29 is 9.53 Å². The molecule has 5 heteroatoms. The van der Waals surface area contributed by atoms with E-state index in [0.717, 1.165) is 44.6 Å². The molecule has 3 heterocycles. The molecule has 1 aromatic rings. The quantitative estimate of drug-likeness (QED) is 0.842. The van der Waals surface area contributed by atoms with Gasteiger partial charge in [0.25, 0.3) is 5.56 Å². The summed E-state index contributed by atoms with van der Waals surface area (Å²) in [7, 11) is 0. The predicted molar refractivity (Wildman–Crippen MR) is 86.3 cm³/mol. The summed E-state index contributed by atoms with van der Waals surface area (Å²) >= 11 is 0. The Hall–Kier alpha value is -1.62. The minimum atomic E-state index is 0.0323. The van der Waals surface area contributed by atoms with E-state index < -0.39 is 0 Å². The number of hydrogen-bond donors (Lipinski definition) is 0. The molecule has 2 aliphatic heterocycles. The third-order valence-corrected chi connectivity index (χ3v) is 5.39. The first kappa shape index (κ1) is 14.9. The summed E-state index contributed by atoms with van der Waals surface area (Å²) in [4.78, 5) is 26.9. The maximum Gasteiger partial charge on any atom is 0.250 e. The van der Waals surface area contributed by atoms with Gasteiger partial charge in [-0.3, -0.25) is 9.59 Å². The first-order valence-electron chi connectivity index (χ1n) is 8.80. The lowest BCUT2D eigenvalue weighted by Gasteiger charge is -2.23. The van der Waals surface area contributed by atoms with Crippen LogP contribution >= 0.6 is 0 Å². The summed E-state index contributed by atoms with van der Waals surface area (Å²) in [5.74, 6) is 0.937. The number of aromatic nitrogens is 1. The Balaban J connectivity index is 1.53. The van der Waals surface area contributed by atoms with Gasteiger partial charge in [-0.1, -0.05) is 6.07 Å². The van der Waals surface area contributed by atoms with Crippen LogP contribution in [0.1, 0.15) is 30.5 Å². The van der Waals surface area contributed by atoms with Crippen LogP contribution in [0.3, 0.4) is 0 Å². The molecule has 5 nitrogen and oxygen atoms in total. The standard InChI is InChI=1S/C18H24N2O3/c21-17-4-3-14-5-8-19(18(22)15-7-10-23-12-15)9-6-16(14)20(17)11-13-1-2-13/h3-4,13,15H,1-2,5-12H2/t15-/m1/s1. The first-order chi connectivity index (χ1) is 11.2. The van der Waals surface area contributed by atoms with Crippen LogP contribution in [-0.4, -0.2) is 41.7 Å². The molecule has 2 fully saturated rings. The van der Waals surface area contributed by atoms with Gasteiger partial charge in [-0.25, -0.2) is 0 Å². The molecule has 0 bridgehead atoms. The molecule has 1 aliphatic carbocycles. The van der Waals surface area contributed by atoms with Crippen molar-refractivity contribution in [1.82, 2.24) is 9.47 Å². The molecule has 0 aromatic carbocycles. The molecule has 23 heavy (non-hydrogen) atoms. The van der Waals surface area contributed by atoms with Gasteiger partial charge in [-0.05, 0) is 37.2 Å². The van der Waals surface area contributed by atoms with Crippen molar-refractivity contribution in [2.24, 2.45) is 11.8 Å². The molecule has 0 radical (unpaired) electrons. The number of carbonyl (C=O) groups excluding carboxylic acids is 1. The highest BCUT2D eigenvalue weighted by atomic mass is 16.5. The molecule has 3 aliphatic rings. The Morgan fingerprint density at radius 3 is 2.74 bits per heavy atom. The van der Waals surface area contributed by atoms with Crippen LogP contribution < -0.4 is 5.56 Å². The number of nitrogens with zero attached hydrogens (tertiary/aromatic N) is 2. The molecule has 1 saturated carbocycles. The highest BCUT2D eigenvalue weighted by Gasteiger charge is 2.30. The molecular formula is C18H24N2O3. The summed E-state index contributed by atoms with van der Waals surface area (Å²) in [6.07, 6.45) is 4.95. The Labute approximate surface area is 136 Å². The van der Waals surface area contributed by atoms with Crippen molar-refractivity contribution in [3.05, 3.63) is 33.7 Å². The number of ether oxygens (including phenoxy) is 1. The smallest absolute Gasteiger partial charge is 0.250 e. The zero-order valence-corrected chi connectivity index (χ0v) is 13.5. The minimum Gasteiger partial charge on any atom is -0.381 e. The molecule has 4 rings (SSSR count). The van der Waals surface area contributed by atoms with Gasteiger partial charge in [0.1, 0.15) is 0 Å². The average molecular weight is 316 g/mol. The zero-order chi connectivity index (χ0) is 15.8. The van der Waals surface area contributed by atoms with Gasteiger partial charge < -0.3 is 14.2 Å². The third kappa shape index (κ3) is 3.07. The average Bonchev–Trinajstić information content (AvgIpc) is 3.26. The van der Waals surface area contributed by atoms with Crippen LogP contribution in [0.2, 0.25) is 0 Å². The van der Waals surface area contributed by atoms with E-state index in [2.05, 4.69) is 0 Å². The Morgan fingerprint density at radius 1 is 1.17 bits per heavy atom. The van der Waals surface area contributed by atoms with Gasteiger partial charge in [0.2, 0.25) is 5.91 Å². The summed E-state index contributed by atoms with van der Waals surface area (Å²) in [5.41, 5.74) is 2.50. The molecule has 0 N–H and O–H groups in total. The monoisotopic (exact) mass is 316 g/mol. The third-order valence-electron chi connectivity index (χ3n) is 5.39. The minimum absolute atomic E-state index is 0.0323. The highest BCUT2D eigenvalue weighted by Crippen LogP contribution is 2.31. The van der Waals surface area contributed by atoms with Crippen LogP contribution in [0.25, 0.3) is 0 Å². The molecule has 1 atom stereocenters. The maximum absolute atomic E-state index is 12.6. The van der Waals surface area contributed by atoms with Crippen molar-refractivity contribution in [2.75, 3.05) is 26.3 Å². The fraction of sp³-hybridized carbons (Fsp3) is 0.667. The van der Waals surface area contributed by atoms with E-state index in [0.29, 0.717) is 19.1 Å². The van der Waals surface area contributed by atoms with E-state index in [1.165, 1.54) is 18.4 Å². The fourth-order valence-corrected chi connectivity index (χ4v) is 3.76. The van der Waals surface area contributed by atoms with E-state index in [1.807, 2.05) is 15.5 Å². The van der Waals surface area contributed by atoms with E-state index in [-0.39, 0.29) is 17.4 Å². The fourth-order valence-electron chi connectivity index (χ4n) is 3.76. The lowest BCUT2D eigenvalue weighted by Crippen LogP contribution is -2.38. The lowest BCUT2D eigenvalue weighted by molar-refractivity contribution is -0.135. The van der Waals surface area contributed by atoms with Gasteiger partial charge in [-0.15, -0.1) is 0 Å². The van der Waals surface area contributed by atoms with Crippen molar-refractivity contribution in [3.63, 3.8) is 0 Å². The molecular weight excluding hydrogens is 292 g/mol. The SMILES string of the molecule is O=C([C@@H]1CCOC1)N1CCc2ccc(=O)n(CC3CC3)c2CC1. The number of carbonyl (C=O) groups is 1. The predicted octanol–water partition coefficient (Wildman–Crippen LogP) is 1.22. The summed E-state index contributed by atoms with van der Waals surface area (Å²) in [6, 6.07) is 3.66. The molecule has 1 aromatic heterocycles. The zero-order valence-electron chi connectivity index (χ0n) is 13.5. The van der Waals surface area contributed by atoms with Gasteiger partial charge >= 0.3 is 0 Å². The number of amides is 1. The van der Waals surface area contributed by atoms with Crippen molar-refractivity contribution in [3.8, 4) is 0 Å². The van der Waals surface area contributed by atoms with E-state index in [4.69, 9.17) is 4.74 Å². The van der Waals surface area contributed by atoms with Crippen molar-refractivity contribution >= 4 is 5.91 Å². The maximum atomic E-state index is 12.6. The Kier molecular flexibility index (Phi) is 3.97. The van der Waals surface area contributed by atoms with E-state index >= 15 is 0 Å². The highest BCUT2D eigenvalue weighted by molar-refractivity contribution is 5.79. The van der Waals surface area contributed by atoms with Crippen molar-refractivity contribution in [1.29, 1.82) is 0 Å². The number of hydrogen-bond acceptors (Lipinski definition) is 3.